The van der Waals surface area contributed by atoms with Crippen molar-refractivity contribution in [2.24, 2.45) is 23.7 Å². The Morgan fingerprint density at radius 1 is 1.22 bits per heavy atom. The first-order valence-corrected chi connectivity index (χ1v) is 8.53. The molecule has 3 unspecified atom stereocenters. The van der Waals surface area contributed by atoms with Gasteiger partial charge in [0, 0.05) is 31.1 Å². The van der Waals surface area contributed by atoms with Crippen LogP contribution in [0, 0.1) is 23.7 Å². The van der Waals surface area contributed by atoms with E-state index >= 15 is 0 Å². The number of nitrogens with zero attached hydrogens (tertiary/aromatic N) is 1. The van der Waals surface area contributed by atoms with Crippen molar-refractivity contribution in [3.8, 4) is 0 Å². The quantitative estimate of drug-likeness (QED) is 0.784. The lowest BCUT2D eigenvalue weighted by atomic mass is 9.87. The fourth-order valence-electron chi connectivity index (χ4n) is 3.61. The van der Waals surface area contributed by atoms with Crippen LogP contribution in [0.5, 0.6) is 0 Å². The van der Waals surface area contributed by atoms with Gasteiger partial charge in [0.05, 0.1) is 0 Å². The SMILES string of the molecule is CC1CC(C)CN(C(C)(C)CNC(=O)C(C)C2CNC2)C1.Cl.Cl. The molecule has 2 aliphatic heterocycles. The van der Waals surface area contributed by atoms with Gasteiger partial charge in [0.1, 0.15) is 0 Å². The Labute approximate surface area is 154 Å². The average molecular weight is 368 g/mol. The average Bonchev–Trinajstić information content (AvgIpc) is 2.32. The maximum absolute atomic E-state index is 12.3. The van der Waals surface area contributed by atoms with Crippen LogP contribution in [0.3, 0.4) is 0 Å². The van der Waals surface area contributed by atoms with Crippen LogP contribution in [0.2, 0.25) is 0 Å². The van der Waals surface area contributed by atoms with E-state index in [9.17, 15) is 4.79 Å². The van der Waals surface area contributed by atoms with Crippen LogP contribution >= 0.6 is 24.8 Å². The summed E-state index contributed by atoms with van der Waals surface area (Å²) in [7, 11) is 0. The van der Waals surface area contributed by atoms with E-state index in [0.717, 1.165) is 44.6 Å². The zero-order valence-corrected chi connectivity index (χ0v) is 16.9. The summed E-state index contributed by atoms with van der Waals surface area (Å²) >= 11 is 0. The summed E-state index contributed by atoms with van der Waals surface area (Å²) < 4.78 is 0. The lowest BCUT2D eigenvalue weighted by molar-refractivity contribution is -0.127. The van der Waals surface area contributed by atoms with Crippen molar-refractivity contribution in [2.75, 3.05) is 32.7 Å². The summed E-state index contributed by atoms with van der Waals surface area (Å²) in [5.41, 5.74) is 0.0379. The largest absolute Gasteiger partial charge is 0.354 e. The minimum absolute atomic E-state index is 0. The van der Waals surface area contributed by atoms with Crippen LogP contribution < -0.4 is 10.6 Å². The molecule has 2 fully saturated rings. The van der Waals surface area contributed by atoms with Gasteiger partial charge in [0.2, 0.25) is 5.91 Å². The zero-order valence-electron chi connectivity index (χ0n) is 15.2. The summed E-state index contributed by atoms with van der Waals surface area (Å²) in [5, 5.41) is 6.43. The summed E-state index contributed by atoms with van der Waals surface area (Å²) in [6.07, 6.45) is 1.32. The topological polar surface area (TPSA) is 44.4 Å². The molecular formula is C17H35Cl2N3O. The predicted octanol–water partition coefficient (Wildman–Crippen LogP) is 2.56. The smallest absolute Gasteiger partial charge is 0.223 e. The molecule has 4 nitrogen and oxygen atoms in total. The number of carbonyl (C=O) groups excluding carboxylic acids is 1. The molecule has 138 valence electrons. The van der Waals surface area contributed by atoms with Crippen molar-refractivity contribution in [1.29, 1.82) is 0 Å². The lowest BCUT2D eigenvalue weighted by Crippen LogP contribution is -2.57. The number of hydrogen-bond donors (Lipinski definition) is 2. The first-order valence-electron chi connectivity index (χ1n) is 8.53. The number of amides is 1. The van der Waals surface area contributed by atoms with Crippen LogP contribution in [-0.4, -0.2) is 49.1 Å². The van der Waals surface area contributed by atoms with E-state index in [1.807, 2.05) is 0 Å². The molecule has 2 aliphatic rings. The Bertz CT molecular complexity index is 365. The molecule has 6 heteroatoms. The van der Waals surface area contributed by atoms with Gasteiger partial charge in [-0.2, -0.15) is 0 Å². The van der Waals surface area contributed by atoms with Crippen molar-refractivity contribution >= 4 is 30.7 Å². The van der Waals surface area contributed by atoms with Gasteiger partial charge in [-0.25, -0.2) is 0 Å². The van der Waals surface area contributed by atoms with Crippen LogP contribution in [0.1, 0.15) is 41.0 Å². The molecule has 0 aliphatic carbocycles. The van der Waals surface area contributed by atoms with Gasteiger partial charge >= 0.3 is 0 Å². The number of halogens is 2. The first kappa shape index (κ1) is 23.0. The second-order valence-corrected chi connectivity index (χ2v) is 8.09. The van der Waals surface area contributed by atoms with Crippen molar-refractivity contribution in [2.45, 2.75) is 46.6 Å². The molecule has 3 atom stereocenters. The minimum atomic E-state index is 0. The Morgan fingerprint density at radius 2 is 1.74 bits per heavy atom. The van der Waals surface area contributed by atoms with Crippen molar-refractivity contribution in [1.82, 2.24) is 15.5 Å². The number of piperidine rings is 1. The lowest BCUT2D eigenvalue weighted by Gasteiger charge is -2.45. The number of carbonyl (C=O) groups is 1. The Morgan fingerprint density at radius 3 is 2.17 bits per heavy atom. The van der Waals surface area contributed by atoms with Crippen molar-refractivity contribution in [3.05, 3.63) is 0 Å². The maximum atomic E-state index is 12.3. The molecule has 0 spiro atoms. The second-order valence-electron chi connectivity index (χ2n) is 8.09. The van der Waals surface area contributed by atoms with Gasteiger partial charge < -0.3 is 10.6 Å². The van der Waals surface area contributed by atoms with Crippen LogP contribution in [0.4, 0.5) is 0 Å². The molecule has 0 saturated carbocycles. The molecular weight excluding hydrogens is 333 g/mol. The number of likely N-dealkylation sites (tertiary alicyclic amines) is 1. The molecule has 0 bridgehead atoms. The van der Waals surface area contributed by atoms with Gasteiger partial charge in [-0.05, 0) is 51.1 Å². The summed E-state index contributed by atoms with van der Waals surface area (Å²) in [5.74, 6) is 2.37. The number of nitrogens with one attached hydrogen (secondary N) is 2. The van der Waals surface area contributed by atoms with E-state index in [0.29, 0.717) is 5.92 Å². The van der Waals surface area contributed by atoms with Crippen LogP contribution in [-0.2, 0) is 4.79 Å². The van der Waals surface area contributed by atoms with Gasteiger partial charge in [-0.3, -0.25) is 9.69 Å². The van der Waals surface area contributed by atoms with E-state index in [1.54, 1.807) is 0 Å². The van der Waals surface area contributed by atoms with Gasteiger partial charge in [0.25, 0.3) is 0 Å². The summed E-state index contributed by atoms with van der Waals surface area (Å²) in [4.78, 5) is 14.8. The third-order valence-electron chi connectivity index (χ3n) is 5.35. The van der Waals surface area contributed by atoms with Crippen LogP contribution in [0.25, 0.3) is 0 Å². The highest BCUT2D eigenvalue weighted by Gasteiger charge is 2.34. The molecule has 2 heterocycles. The molecule has 2 saturated heterocycles. The van der Waals surface area contributed by atoms with E-state index in [1.165, 1.54) is 6.42 Å². The summed E-state index contributed by atoms with van der Waals surface area (Å²) in [6, 6.07) is 0. The Kier molecular flexibility index (Phi) is 9.44. The second kappa shape index (κ2) is 9.45. The van der Waals surface area contributed by atoms with E-state index in [2.05, 4.69) is 50.2 Å². The first-order chi connectivity index (χ1) is 9.79. The normalized spacial score (nSPS) is 27.2. The fraction of sp³-hybridized carbons (Fsp3) is 0.941. The molecule has 0 aromatic heterocycles. The van der Waals surface area contributed by atoms with Crippen molar-refractivity contribution < 1.29 is 4.79 Å². The fourth-order valence-corrected chi connectivity index (χ4v) is 3.61. The highest BCUT2D eigenvalue weighted by molar-refractivity contribution is 5.85. The summed E-state index contributed by atoms with van der Waals surface area (Å²) in [6.45, 7) is 16.3. The maximum Gasteiger partial charge on any atom is 0.223 e. The molecule has 2 N–H and O–H groups in total. The Balaban J connectivity index is 0.00000242. The molecule has 0 radical (unpaired) electrons. The van der Waals surface area contributed by atoms with Gasteiger partial charge in [-0.15, -0.1) is 24.8 Å². The van der Waals surface area contributed by atoms with E-state index < -0.39 is 0 Å². The molecule has 23 heavy (non-hydrogen) atoms. The number of rotatable bonds is 5. The predicted molar refractivity (Wildman–Crippen MR) is 102 cm³/mol. The molecule has 1 amide bonds. The highest BCUT2D eigenvalue weighted by atomic mass is 35.5. The third kappa shape index (κ3) is 6.08. The monoisotopic (exact) mass is 367 g/mol. The number of hydrogen-bond acceptors (Lipinski definition) is 3. The molecule has 2 rings (SSSR count). The van der Waals surface area contributed by atoms with Gasteiger partial charge in [0.15, 0.2) is 0 Å². The molecule has 0 aromatic carbocycles. The highest BCUT2D eigenvalue weighted by Crippen LogP contribution is 2.27. The van der Waals surface area contributed by atoms with Crippen LogP contribution in [0.15, 0.2) is 0 Å². The van der Waals surface area contributed by atoms with Gasteiger partial charge in [-0.1, -0.05) is 20.8 Å². The van der Waals surface area contributed by atoms with Crippen molar-refractivity contribution in [3.63, 3.8) is 0 Å². The van der Waals surface area contributed by atoms with E-state index in [-0.39, 0.29) is 42.2 Å². The third-order valence-corrected chi connectivity index (χ3v) is 5.35. The Hall–Kier alpha value is -0.0300. The minimum Gasteiger partial charge on any atom is -0.354 e. The molecule has 0 aromatic rings. The zero-order chi connectivity index (χ0) is 15.6. The van der Waals surface area contributed by atoms with E-state index in [4.69, 9.17) is 0 Å². The standard InChI is InChI=1S/C17H33N3O.2ClH/c1-12-6-13(2)10-20(9-12)17(4,5)11-19-16(21)14(3)15-7-18-8-15;;/h12-15,18H,6-11H2,1-5H3,(H,19,21);2*1H.